The molecular weight excluding hydrogens is 322 g/mol. The summed E-state index contributed by atoms with van der Waals surface area (Å²) >= 11 is 3.47. The highest BCUT2D eigenvalue weighted by Crippen LogP contribution is 2.29. The number of nitrogens with one attached hydrogen (secondary N) is 1. The van der Waals surface area contributed by atoms with Crippen molar-refractivity contribution < 1.29 is 9.47 Å². The monoisotopic (exact) mass is 337 g/mol. The lowest BCUT2D eigenvalue weighted by Gasteiger charge is -2.23. The van der Waals surface area contributed by atoms with Gasteiger partial charge in [0.15, 0.2) is 0 Å². The van der Waals surface area contributed by atoms with Crippen molar-refractivity contribution in [1.29, 1.82) is 0 Å². The lowest BCUT2D eigenvalue weighted by atomic mass is 10.1. The molecule has 1 N–H and O–H groups in total. The molecule has 6 heteroatoms. The summed E-state index contributed by atoms with van der Waals surface area (Å²) in [5.41, 5.74) is 0.870. The van der Waals surface area contributed by atoms with Crippen molar-refractivity contribution in [2.75, 3.05) is 25.6 Å². The highest BCUT2D eigenvalue weighted by molar-refractivity contribution is 9.10. The van der Waals surface area contributed by atoms with Crippen LogP contribution in [0.2, 0.25) is 0 Å². The second-order valence-electron chi connectivity index (χ2n) is 4.77. The first-order valence-electron chi connectivity index (χ1n) is 6.61. The predicted octanol–water partition coefficient (Wildman–Crippen LogP) is 2.99. The van der Waals surface area contributed by atoms with E-state index in [0.29, 0.717) is 12.0 Å². The van der Waals surface area contributed by atoms with Gasteiger partial charge in [0.1, 0.15) is 5.75 Å². The Hall–Kier alpha value is -1.40. The summed E-state index contributed by atoms with van der Waals surface area (Å²) in [4.78, 5) is 8.93. The zero-order valence-electron chi connectivity index (χ0n) is 11.2. The molecule has 20 heavy (non-hydrogen) atoms. The first kappa shape index (κ1) is 13.6. The Morgan fingerprint density at radius 1 is 1.35 bits per heavy atom. The van der Waals surface area contributed by atoms with Crippen LogP contribution in [0.15, 0.2) is 22.8 Å². The first-order chi connectivity index (χ1) is 9.76. The van der Waals surface area contributed by atoms with Crippen LogP contribution in [0.5, 0.6) is 5.75 Å². The van der Waals surface area contributed by atoms with Crippen molar-refractivity contribution in [3.8, 4) is 5.75 Å². The average molecular weight is 338 g/mol. The molecule has 2 heterocycles. The van der Waals surface area contributed by atoms with Crippen molar-refractivity contribution in [3.05, 3.63) is 22.8 Å². The number of methoxy groups -OCH3 is 1. The number of fused-ring (bicyclic) bond motifs is 1. The number of rotatable bonds is 3. The molecule has 1 aliphatic heterocycles. The van der Waals surface area contributed by atoms with Gasteiger partial charge in [-0.2, -0.15) is 0 Å². The molecule has 0 saturated carbocycles. The van der Waals surface area contributed by atoms with Gasteiger partial charge < -0.3 is 14.8 Å². The fourth-order valence-electron chi connectivity index (χ4n) is 2.28. The molecule has 0 atom stereocenters. The molecule has 1 saturated heterocycles. The molecule has 0 radical (unpaired) electrons. The summed E-state index contributed by atoms with van der Waals surface area (Å²) in [5.74, 6) is 1.43. The van der Waals surface area contributed by atoms with E-state index in [4.69, 9.17) is 9.47 Å². The van der Waals surface area contributed by atoms with Crippen LogP contribution in [-0.2, 0) is 4.74 Å². The minimum Gasteiger partial charge on any atom is -0.495 e. The Balaban J connectivity index is 1.87. The molecule has 1 aromatic heterocycles. The maximum Gasteiger partial charge on any atom is 0.223 e. The Labute approximate surface area is 125 Å². The molecule has 2 aromatic rings. The third-order valence-corrected chi connectivity index (χ3v) is 4.03. The maximum atomic E-state index is 5.35. The van der Waals surface area contributed by atoms with E-state index in [9.17, 15) is 0 Å². The summed E-state index contributed by atoms with van der Waals surface area (Å²) in [5, 5.41) is 4.35. The number of hydrogen-bond donors (Lipinski definition) is 1. The molecule has 0 amide bonds. The normalized spacial score (nSPS) is 16.3. The quantitative estimate of drug-likeness (QED) is 0.932. The topological polar surface area (TPSA) is 56.3 Å². The Morgan fingerprint density at radius 3 is 2.90 bits per heavy atom. The SMILES string of the molecule is COc1cc2nc(NC3CCOCC3)ncc2cc1Br. The fourth-order valence-corrected chi connectivity index (χ4v) is 2.81. The van der Waals surface area contributed by atoms with E-state index in [1.807, 2.05) is 18.3 Å². The zero-order valence-corrected chi connectivity index (χ0v) is 12.8. The predicted molar refractivity (Wildman–Crippen MR) is 81.3 cm³/mol. The van der Waals surface area contributed by atoms with Gasteiger partial charge in [-0.3, -0.25) is 0 Å². The Kier molecular flexibility index (Phi) is 4.03. The van der Waals surface area contributed by atoms with Crippen LogP contribution in [0.4, 0.5) is 5.95 Å². The second-order valence-corrected chi connectivity index (χ2v) is 5.62. The molecule has 106 valence electrons. The van der Waals surface area contributed by atoms with Crippen LogP contribution in [0.25, 0.3) is 10.9 Å². The third-order valence-electron chi connectivity index (χ3n) is 3.41. The lowest BCUT2D eigenvalue weighted by molar-refractivity contribution is 0.0903. The maximum absolute atomic E-state index is 5.35. The van der Waals surface area contributed by atoms with Gasteiger partial charge in [0.25, 0.3) is 0 Å². The molecule has 0 spiro atoms. The Morgan fingerprint density at radius 2 is 2.15 bits per heavy atom. The second kappa shape index (κ2) is 5.93. The largest absolute Gasteiger partial charge is 0.495 e. The molecule has 0 unspecified atom stereocenters. The number of aromatic nitrogens is 2. The van der Waals surface area contributed by atoms with Gasteiger partial charge in [-0.1, -0.05) is 0 Å². The molecule has 1 aliphatic rings. The van der Waals surface area contributed by atoms with Crippen LogP contribution in [-0.4, -0.2) is 36.3 Å². The summed E-state index contributed by atoms with van der Waals surface area (Å²) in [6, 6.07) is 4.27. The standard InChI is InChI=1S/C14H16BrN3O2/c1-19-13-7-12-9(6-11(13)15)8-16-14(18-12)17-10-2-4-20-5-3-10/h6-8,10H,2-5H2,1H3,(H,16,17,18). The van der Waals surface area contributed by atoms with E-state index in [0.717, 1.165) is 47.2 Å². The van der Waals surface area contributed by atoms with Crippen molar-refractivity contribution in [2.45, 2.75) is 18.9 Å². The van der Waals surface area contributed by atoms with Gasteiger partial charge in [-0.05, 0) is 34.8 Å². The van der Waals surface area contributed by atoms with E-state index in [-0.39, 0.29) is 0 Å². The summed E-state index contributed by atoms with van der Waals surface area (Å²) in [6.45, 7) is 1.60. The number of hydrogen-bond acceptors (Lipinski definition) is 5. The van der Waals surface area contributed by atoms with E-state index in [1.165, 1.54) is 0 Å². The van der Waals surface area contributed by atoms with Crippen LogP contribution in [0, 0.1) is 0 Å². The summed E-state index contributed by atoms with van der Waals surface area (Å²) in [6.07, 6.45) is 3.81. The number of benzene rings is 1. The minimum absolute atomic E-state index is 0.388. The minimum atomic E-state index is 0.388. The van der Waals surface area contributed by atoms with Crippen molar-refractivity contribution in [3.63, 3.8) is 0 Å². The first-order valence-corrected chi connectivity index (χ1v) is 7.40. The average Bonchev–Trinajstić information content (AvgIpc) is 2.48. The van der Waals surface area contributed by atoms with Gasteiger partial charge in [0.2, 0.25) is 5.95 Å². The van der Waals surface area contributed by atoms with Crippen LogP contribution in [0.1, 0.15) is 12.8 Å². The van der Waals surface area contributed by atoms with E-state index < -0.39 is 0 Å². The molecule has 0 aliphatic carbocycles. The number of halogens is 1. The Bertz CT molecular complexity index is 615. The number of anilines is 1. The molecule has 0 bridgehead atoms. The summed E-state index contributed by atoms with van der Waals surface area (Å²) in [7, 11) is 1.65. The van der Waals surface area contributed by atoms with Crippen LogP contribution in [0.3, 0.4) is 0 Å². The highest BCUT2D eigenvalue weighted by atomic mass is 79.9. The third kappa shape index (κ3) is 2.86. The van der Waals surface area contributed by atoms with Gasteiger partial charge in [0.05, 0.1) is 17.1 Å². The smallest absolute Gasteiger partial charge is 0.223 e. The lowest BCUT2D eigenvalue weighted by Crippen LogP contribution is -2.28. The van der Waals surface area contributed by atoms with E-state index >= 15 is 0 Å². The van der Waals surface area contributed by atoms with Gasteiger partial charge in [-0.25, -0.2) is 9.97 Å². The van der Waals surface area contributed by atoms with E-state index in [2.05, 4.69) is 31.2 Å². The molecule has 3 rings (SSSR count). The molecule has 1 aromatic carbocycles. The molecular formula is C14H16BrN3O2. The molecule has 5 nitrogen and oxygen atoms in total. The highest BCUT2D eigenvalue weighted by Gasteiger charge is 2.14. The number of ether oxygens (including phenoxy) is 2. The van der Waals surface area contributed by atoms with Crippen molar-refractivity contribution >= 4 is 32.8 Å². The number of nitrogens with zero attached hydrogens (tertiary/aromatic N) is 2. The fraction of sp³-hybridized carbons (Fsp3) is 0.429. The van der Waals surface area contributed by atoms with Gasteiger partial charge in [0, 0.05) is 36.9 Å². The van der Waals surface area contributed by atoms with Gasteiger partial charge in [-0.15, -0.1) is 0 Å². The van der Waals surface area contributed by atoms with E-state index in [1.54, 1.807) is 7.11 Å². The van der Waals surface area contributed by atoms with Crippen LogP contribution >= 0.6 is 15.9 Å². The van der Waals surface area contributed by atoms with Gasteiger partial charge >= 0.3 is 0 Å². The summed E-state index contributed by atoms with van der Waals surface area (Å²) < 4.78 is 11.6. The zero-order chi connectivity index (χ0) is 13.9. The molecule has 1 fully saturated rings. The van der Waals surface area contributed by atoms with Crippen LogP contribution < -0.4 is 10.1 Å². The van der Waals surface area contributed by atoms with Crippen molar-refractivity contribution in [2.24, 2.45) is 0 Å². The van der Waals surface area contributed by atoms with Crippen molar-refractivity contribution in [1.82, 2.24) is 9.97 Å².